The van der Waals surface area contributed by atoms with E-state index in [0.717, 1.165) is 32.6 Å². The molecule has 0 spiro atoms. The zero-order chi connectivity index (χ0) is 13.9. The maximum atomic E-state index is 11.5. The van der Waals surface area contributed by atoms with Crippen molar-refractivity contribution in [3.05, 3.63) is 22.5 Å². The van der Waals surface area contributed by atoms with Gasteiger partial charge in [0.05, 0.1) is 13.7 Å². The molecule has 0 saturated carbocycles. The second kappa shape index (κ2) is 9.52. The van der Waals surface area contributed by atoms with Crippen LogP contribution >= 0.6 is 0 Å². The van der Waals surface area contributed by atoms with Gasteiger partial charge in [0.2, 0.25) is 5.88 Å². The van der Waals surface area contributed by atoms with E-state index >= 15 is 0 Å². The van der Waals surface area contributed by atoms with Crippen molar-refractivity contribution < 1.29 is 9.47 Å². The predicted octanol–water partition coefficient (Wildman–Crippen LogP) is 0.658. The van der Waals surface area contributed by atoms with Crippen LogP contribution in [-0.2, 0) is 11.3 Å². The van der Waals surface area contributed by atoms with Gasteiger partial charge in [-0.05, 0) is 26.3 Å². The first-order valence-electron chi connectivity index (χ1n) is 6.68. The van der Waals surface area contributed by atoms with Gasteiger partial charge < -0.3 is 14.8 Å². The number of rotatable bonds is 10. The molecule has 0 fully saturated rings. The van der Waals surface area contributed by atoms with Crippen molar-refractivity contribution in [1.29, 1.82) is 0 Å². The number of ether oxygens (including phenoxy) is 2. The van der Waals surface area contributed by atoms with Gasteiger partial charge in [-0.15, -0.1) is 5.10 Å². The lowest BCUT2D eigenvalue weighted by molar-refractivity contribution is 0.143. The fraction of sp³-hybridized carbons (Fsp3) is 0.692. The summed E-state index contributed by atoms with van der Waals surface area (Å²) in [4.78, 5) is 11.5. The lowest BCUT2D eigenvalue weighted by Gasteiger charge is -2.07. The normalized spacial score (nSPS) is 10.6. The summed E-state index contributed by atoms with van der Waals surface area (Å²) < 4.78 is 11.6. The Bertz CT molecular complexity index is 406. The number of unbranched alkanes of at least 4 members (excludes halogenated alkanes) is 1. The SMILES string of the molecule is CCOCCCCNCCn1nc(OC)ccc1=O. The average molecular weight is 269 g/mol. The van der Waals surface area contributed by atoms with E-state index in [1.54, 1.807) is 6.07 Å². The summed E-state index contributed by atoms with van der Waals surface area (Å²) in [5.74, 6) is 0.455. The third-order valence-electron chi connectivity index (χ3n) is 2.65. The number of aromatic nitrogens is 2. The van der Waals surface area contributed by atoms with E-state index in [9.17, 15) is 4.79 Å². The molecule has 6 nitrogen and oxygen atoms in total. The molecule has 0 bridgehead atoms. The van der Waals surface area contributed by atoms with Crippen molar-refractivity contribution in [2.45, 2.75) is 26.3 Å². The van der Waals surface area contributed by atoms with Crippen LogP contribution in [0.5, 0.6) is 5.88 Å². The van der Waals surface area contributed by atoms with Gasteiger partial charge in [-0.25, -0.2) is 4.68 Å². The molecule has 0 aliphatic heterocycles. The molecule has 0 atom stereocenters. The number of nitrogens with one attached hydrogen (secondary N) is 1. The zero-order valence-electron chi connectivity index (χ0n) is 11.7. The summed E-state index contributed by atoms with van der Waals surface area (Å²) in [5, 5.41) is 7.35. The molecule has 1 aromatic rings. The Hall–Kier alpha value is -1.40. The van der Waals surface area contributed by atoms with Crippen LogP contribution in [-0.4, -0.2) is 43.2 Å². The Kier molecular flexibility index (Phi) is 7.84. The van der Waals surface area contributed by atoms with Crippen molar-refractivity contribution in [3.63, 3.8) is 0 Å². The number of hydrogen-bond donors (Lipinski definition) is 1. The highest BCUT2D eigenvalue weighted by Gasteiger charge is 1.99. The molecule has 0 saturated heterocycles. The largest absolute Gasteiger partial charge is 0.480 e. The summed E-state index contributed by atoms with van der Waals surface area (Å²) in [5.41, 5.74) is -0.112. The van der Waals surface area contributed by atoms with Crippen LogP contribution in [0.15, 0.2) is 16.9 Å². The minimum Gasteiger partial charge on any atom is -0.480 e. The molecule has 0 unspecified atom stereocenters. The summed E-state index contributed by atoms with van der Waals surface area (Å²) in [6.45, 7) is 5.77. The first-order valence-corrected chi connectivity index (χ1v) is 6.68. The van der Waals surface area contributed by atoms with Crippen LogP contribution in [0.2, 0.25) is 0 Å². The van der Waals surface area contributed by atoms with Gasteiger partial charge in [-0.3, -0.25) is 4.79 Å². The van der Waals surface area contributed by atoms with Crippen molar-refractivity contribution in [2.75, 3.05) is 33.4 Å². The average Bonchev–Trinajstić information content (AvgIpc) is 2.43. The van der Waals surface area contributed by atoms with Crippen molar-refractivity contribution in [2.24, 2.45) is 0 Å². The minimum absolute atomic E-state index is 0.112. The molecule has 0 aromatic carbocycles. The van der Waals surface area contributed by atoms with E-state index in [2.05, 4.69) is 10.4 Å². The summed E-state index contributed by atoms with van der Waals surface area (Å²) in [6, 6.07) is 3.04. The van der Waals surface area contributed by atoms with E-state index < -0.39 is 0 Å². The Morgan fingerprint density at radius 2 is 2.16 bits per heavy atom. The smallest absolute Gasteiger partial charge is 0.267 e. The highest BCUT2D eigenvalue weighted by atomic mass is 16.5. The number of methoxy groups -OCH3 is 1. The van der Waals surface area contributed by atoms with Gasteiger partial charge in [0.25, 0.3) is 5.56 Å². The standard InChI is InChI=1S/C13H23N3O3/c1-3-19-11-5-4-8-14-9-10-16-13(17)7-6-12(15-16)18-2/h6-7,14H,3-5,8-11H2,1-2H3. The first kappa shape index (κ1) is 15.7. The lowest BCUT2D eigenvalue weighted by atomic mass is 10.3. The van der Waals surface area contributed by atoms with Gasteiger partial charge in [0, 0.05) is 31.9 Å². The monoisotopic (exact) mass is 269 g/mol. The lowest BCUT2D eigenvalue weighted by Crippen LogP contribution is -2.29. The maximum absolute atomic E-state index is 11.5. The van der Waals surface area contributed by atoms with Crippen LogP contribution in [0.3, 0.4) is 0 Å². The van der Waals surface area contributed by atoms with E-state index in [4.69, 9.17) is 9.47 Å². The van der Waals surface area contributed by atoms with Gasteiger partial charge in [-0.2, -0.15) is 0 Å². The Balaban J connectivity index is 2.17. The quantitative estimate of drug-likeness (QED) is 0.632. The third kappa shape index (κ3) is 6.35. The Morgan fingerprint density at radius 3 is 2.89 bits per heavy atom. The molecule has 1 heterocycles. The molecule has 6 heteroatoms. The molecular formula is C13H23N3O3. The molecule has 19 heavy (non-hydrogen) atoms. The summed E-state index contributed by atoms with van der Waals surface area (Å²) in [7, 11) is 1.54. The van der Waals surface area contributed by atoms with E-state index in [1.807, 2.05) is 6.92 Å². The van der Waals surface area contributed by atoms with E-state index in [0.29, 0.717) is 19.0 Å². The molecule has 1 N–H and O–H groups in total. The summed E-state index contributed by atoms with van der Waals surface area (Å²) >= 11 is 0. The van der Waals surface area contributed by atoms with Crippen LogP contribution in [0.1, 0.15) is 19.8 Å². The van der Waals surface area contributed by atoms with Gasteiger partial charge in [-0.1, -0.05) is 0 Å². The maximum Gasteiger partial charge on any atom is 0.267 e. The zero-order valence-corrected chi connectivity index (χ0v) is 11.7. The number of nitrogens with zero attached hydrogens (tertiary/aromatic N) is 2. The number of hydrogen-bond acceptors (Lipinski definition) is 5. The molecule has 108 valence electrons. The highest BCUT2D eigenvalue weighted by Crippen LogP contribution is 1.98. The second-order valence-corrected chi connectivity index (χ2v) is 4.09. The fourth-order valence-electron chi connectivity index (χ4n) is 1.61. The summed E-state index contributed by atoms with van der Waals surface area (Å²) in [6.07, 6.45) is 2.12. The predicted molar refractivity (Wildman–Crippen MR) is 73.6 cm³/mol. The molecule has 0 amide bonds. The molecular weight excluding hydrogens is 246 g/mol. The van der Waals surface area contributed by atoms with Crippen LogP contribution in [0.4, 0.5) is 0 Å². The van der Waals surface area contributed by atoms with Crippen LogP contribution in [0.25, 0.3) is 0 Å². The topological polar surface area (TPSA) is 65.4 Å². The molecule has 1 rings (SSSR count). The second-order valence-electron chi connectivity index (χ2n) is 4.09. The van der Waals surface area contributed by atoms with Crippen molar-refractivity contribution >= 4 is 0 Å². The van der Waals surface area contributed by atoms with Crippen LogP contribution in [0, 0.1) is 0 Å². The van der Waals surface area contributed by atoms with Gasteiger partial charge in [0.15, 0.2) is 0 Å². The molecule has 1 aromatic heterocycles. The van der Waals surface area contributed by atoms with E-state index in [-0.39, 0.29) is 5.56 Å². The highest BCUT2D eigenvalue weighted by molar-refractivity contribution is 5.05. The minimum atomic E-state index is -0.112. The first-order chi connectivity index (χ1) is 9.27. The Morgan fingerprint density at radius 1 is 1.32 bits per heavy atom. The van der Waals surface area contributed by atoms with Gasteiger partial charge >= 0.3 is 0 Å². The van der Waals surface area contributed by atoms with Crippen molar-refractivity contribution in [3.8, 4) is 5.88 Å². The fourth-order valence-corrected chi connectivity index (χ4v) is 1.61. The van der Waals surface area contributed by atoms with Gasteiger partial charge in [0.1, 0.15) is 0 Å². The third-order valence-corrected chi connectivity index (χ3v) is 2.65. The molecule has 0 aliphatic rings. The molecule has 0 aliphatic carbocycles. The van der Waals surface area contributed by atoms with Crippen molar-refractivity contribution in [1.82, 2.24) is 15.1 Å². The van der Waals surface area contributed by atoms with E-state index in [1.165, 1.54) is 17.9 Å². The van der Waals surface area contributed by atoms with Crippen LogP contribution < -0.4 is 15.6 Å². The Labute approximate surface area is 113 Å². The molecule has 0 radical (unpaired) electrons.